The zero-order chi connectivity index (χ0) is 21.3. The fourth-order valence-electron chi connectivity index (χ4n) is 3.55. The van der Waals surface area contributed by atoms with E-state index in [9.17, 15) is 9.59 Å². The van der Waals surface area contributed by atoms with Gasteiger partial charge in [-0.2, -0.15) is 0 Å². The highest BCUT2D eigenvalue weighted by atomic mass is 16.5. The van der Waals surface area contributed by atoms with Gasteiger partial charge in [0.25, 0.3) is 0 Å². The topological polar surface area (TPSA) is 67.9 Å². The fraction of sp³-hybridized carbons (Fsp3) is 0.333. The van der Waals surface area contributed by atoms with E-state index in [1.165, 1.54) is 6.08 Å². The Hall–Kier alpha value is -3.28. The number of nitrogens with one attached hydrogen (secondary N) is 1. The molecule has 2 aromatic rings. The van der Waals surface area contributed by atoms with Crippen molar-refractivity contribution in [1.29, 1.82) is 0 Å². The number of rotatable bonds is 8. The van der Waals surface area contributed by atoms with E-state index in [-0.39, 0.29) is 11.8 Å². The summed E-state index contributed by atoms with van der Waals surface area (Å²) >= 11 is 0. The smallest absolute Gasteiger partial charge is 0.245 e. The van der Waals surface area contributed by atoms with Gasteiger partial charge in [0.1, 0.15) is 17.5 Å². The third-order valence-electron chi connectivity index (χ3n) is 5.17. The standard InChI is InChI=1S/C24H28N2O4/c1-29-20-12-10-19(22(17-20)30-2)11-13-23(27)25-21(16-18-8-4-3-5-9-18)24(28)26-14-6-7-15-26/h3-5,8-13,17,21H,6-7,14-16H2,1-2H3,(H,25,27)/b13-11+/t21-/m1/s1. The van der Waals surface area contributed by atoms with Crippen LogP contribution in [0.25, 0.3) is 6.08 Å². The molecule has 6 nitrogen and oxygen atoms in total. The fourth-order valence-corrected chi connectivity index (χ4v) is 3.55. The van der Waals surface area contributed by atoms with Gasteiger partial charge in [-0.1, -0.05) is 30.3 Å². The number of hydrogen-bond acceptors (Lipinski definition) is 4. The van der Waals surface area contributed by atoms with Crippen LogP contribution in [0.5, 0.6) is 11.5 Å². The Balaban J connectivity index is 1.72. The van der Waals surface area contributed by atoms with Crippen LogP contribution in [-0.2, 0) is 16.0 Å². The lowest BCUT2D eigenvalue weighted by atomic mass is 10.0. The van der Waals surface area contributed by atoms with Crippen molar-refractivity contribution in [3.63, 3.8) is 0 Å². The molecule has 1 N–H and O–H groups in total. The van der Waals surface area contributed by atoms with E-state index in [2.05, 4.69) is 5.32 Å². The van der Waals surface area contributed by atoms with Gasteiger partial charge >= 0.3 is 0 Å². The quantitative estimate of drug-likeness (QED) is 0.682. The molecule has 1 aliphatic rings. The third kappa shape index (κ3) is 5.63. The highest BCUT2D eigenvalue weighted by Crippen LogP contribution is 2.25. The average Bonchev–Trinajstić information content (AvgIpc) is 3.32. The predicted molar refractivity (Wildman–Crippen MR) is 116 cm³/mol. The monoisotopic (exact) mass is 408 g/mol. The summed E-state index contributed by atoms with van der Waals surface area (Å²) in [6.07, 6.45) is 5.58. The Morgan fingerprint density at radius 2 is 1.80 bits per heavy atom. The first-order chi connectivity index (χ1) is 14.6. The van der Waals surface area contributed by atoms with Crippen LogP contribution in [0.4, 0.5) is 0 Å². The molecule has 6 heteroatoms. The van der Waals surface area contributed by atoms with Crippen molar-refractivity contribution < 1.29 is 19.1 Å². The molecule has 0 bridgehead atoms. The number of benzene rings is 2. The number of carbonyl (C=O) groups is 2. The summed E-state index contributed by atoms with van der Waals surface area (Å²) < 4.78 is 10.6. The molecule has 0 spiro atoms. The minimum atomic E-state index is -0.597. The maximum atomic E-state index is 13.0. The van der Waals surface area contributed by atoms with E-state index < -0.39 is 6.04 Å². The molecule has 1 saturated heterocycles. The number of amides is 2. The lowest BCUT2D eigenvalue weighted by Gasteiger charge is -2.23. The zero-order valence-corrected chi connectivity index (χ0v) is 17.5. The van der Waals surface area contributed by atoms with Crippen LogP contribution in [0.15, 0.2) is 54.6 Å². The largest absolute Gasteiger partial charge is 0.497 e. The molecular weight excluding hydrogens is 380 g/mol. The van der Waals surface area contributed by atoms with Gasteiger partial charge in [0.2, 0.25) is 11.8 Å². The van der Waals surface area contributed by atoms with Gasteiger partial charge in [-0.05, 0) is 36.6 Å². The molecule has 1 atom stereocenters. The number of nitrogens with zero attached hydrogens (tertiary/aromatic N) is 1. The van der Waals surface area contributed by atoms with Gasteiger partial charge in [-0.15, -0.1) is 0 Å². The Kier molecular flexibility index (Phi) is 7.49. The summed E-state index contributed by atoms with van der Waals surface area (Å²) in [6, 6.07) is 14.5. The van der Waals surface area contributed by atoms with Crippen molar-refractivity contribution in [2.24, 2.45) is 0 Å². The van der Waals surface area contributed by atoms with Crippen molar-refractivity contribution in [3.05, 3.63) is 65.7 Å². The Labute approximate surface area is 177 Å². The first-order valence-electron chi connectivity index (χ1n) is 10.1. The Morgan fingerprint density at radius 3 is 2.47 bits per heavy atom. The second kappa shape index (κ2) is 10.5. The zero-order valence-electron chi connectivity index (χ0n) is 17.5. The maximum Gasteiger partial charge on any atom is 0.245 e. The highest BCUT2D eigenvalue weighted by Gasteiger charge is 2.27. The van der Waals surface area contributed by atoms with Gasteiger partial charge in [-0.25, -0.2) is 0 Å². The SMILES string of the molecule is COc1ccc(/C=C/C(=O)N[C@H](Cc2ccccc2)C(=O)N2CCCC2)c(OC)c1. The number of carbonyl (C=O) groups excluding carboxylic acids is 2. The van der Waals surface area contributed by atoms with Gasteiger partial charge in [0.15, 0.2) is 0 Å². The molecule has 0 saturated carbocycles. The van der Waals surface area contributed by atoms with E-state index in [0.29, 0.717) is 17.9 Å². The molecule has 30 heavy (non-hydrogen) atoms. The first-order valence-corrected chi connectivity index (χ1v) is 10.1. The molecule has 0 radical (unpaired) electrons. The van der Waals surface area contributed by atoms with Gasteiger partial charge in [-0.3, -0.25) is 9.59 Å². The molecule has 158 valence electrons. The summed E-state index contributed by atoms with van der Waals surface area (Å²) in [5.74, 6) is 0.932. The molecule has 0 aliphatic carbocycles. The second-order valence-electron chi connectivity index (χ2n) is 7.22. The van der Waals surface area contributed by atoms with Gasteiger partial charge in [0.05, 0.1) is 14.2 Å². The molecule has 1 heterocycles. The van der Waals surface area contributed by atoms with E-state index in [1.807, 2.05) is 41.3 Å². The molecule has 2 amide bonds. The van der Waals surface area contributed by atoms with Crippen LogP contribution >= 0.6 is 0 Å². The minimum Gasteiger partial charge on any atom is -0.497 e. The summed E-state index contributed by atoms with van der Waals surface area (Å²) in [7, 11) is 3.15. The molecule has 0 aromatic heterocycles. The Morgan fingerprint density at radius 1 is 1.07 bits per heavy atom. The van der Waals surface area contributed by atoms with Crippen LogP contribution in [0, 0.1) is 0 Å². The summed E-state index contributed by atoms with van der Waals surface area (Å²) in [6.45, 7) is 1.50. The normalized spacial score (nSPS) is 14.5. The minimum absolute atomic E-state index is 0.0277. The van der Waals surface area contributed by atoms with Crippen LogP contribution < -0.4 is 14.8 Å². The van der Waals surface area contributed by atoms with Gasteiger partial charge < -0.3 is 19.7 Å². The molecule has 0 unspecified atom stereocenters. The van der Waals surface area contributed by atoms with Crippen molar-refractivity contribution in [3.8, 4) is 11.5 Å². The molecule has 1 aliphatic heterocycles. The van der Waals surface area contributed by atoms with E-state index in [1.54, 1.807) is 32.4 Å². The van der Waals surface area contributed by atoms with E-state index >= 15 is 0 Å². The third-order valence-corrected chi connectivity index (χ3v) is 5.17. The summed E-state index contributed by atoms with van der Waals surface area (Å²) in [5.41, 5.74) is 1.76. The van der Waals surface area contributed by atoms with E-state index in [0.717, 1.165) is 37.1 Å². The molecular formula is C24H28N2O4. The van der Waals surface area contributed by atoms with Crippen molar-refractivity contribution in [2.45, 2.75) is 25.3 Å². The first kappa shape index (κ1) is 21.4. The highest BCUT2D eigenvalue weighted by molar-refractivity contribution is 5.96. The molecule has 2 aromatic carbocycles. The van der Waals surface area contributed by atoms with Crippen molar-refractivity contribution >= 4 is 17.9 Å². The lowest BCUT2D eigenvalue weighted by molar-refractivity contribution is -0.134. The number of methoxy groups -OCH3 is 2. The van der Waals surface area contributed by atoms with Crippen LogP contribution in [-0.4, -0.2) is 50.1 Å². The summed E-state index contributed by atoms with van der Waals surface area (Å²) in [5, 5.41) is 2.89. The predicted octanol–water partition coefficient (Wildman–Crippen LogP) is 3.07. The summed E-state index contributed by atoms with van der Waals surface area (Å²) in [4.78, 5) is 27.4. The van der Waals surface area contributed by atoms with Crippen LogP contribution in [0.2, 0.25) is 0 Å². The van der Waals surface area contributed by atoms with Crippen LogP contribution in [0.1, 0.15) is 24.0 Å². The maximum absolute atomic E-state index is 13.0. The van der Waals surface area contributed by atoms with Crippen LogP contribution in [0.3, 0.4) is 0 Å². The Bertz CT molecular complexity index is 889. The van der Waals surface area contributed by atoms with Crippen molar-refractivity contribution in [1.82, 2.24) is 10.2 Å². The van der Waals surface area contributed by atoms with Gasteiger partial charge in [0, 0.05) is 37.2 Å². The van der Waals surface area contributed by atoms with E-state index in [4.69, 9.17) is 9.47 Å². The number of likely N-dealkylation sites (tertiary alicyclic amines) is 1. The number of ether oxygens (including phenoxy) is 2. The molecule has 1 fully saturated rings. The average molecular weight is 408 g/mol. The molecule has 3 rings (SSSR count). The second-order valence-corrected chi connectivity index (χ2v) is 7.22. The van der Waals surface area contributed by atoms with Crippen molar-refractivity contribution in [2.75, 3.05) is 27.3 Å². The number of hydrogen-bond donors (Lipinski definition) is 1. The lowest BCUT2D eigenvalue weighted by Crippen LogP contribution is -2.48.